The maximum Gasteiger partial charge on any atom is 0.276 e. The van der Waals surface area contributed by atoms with Gasteiger partial charge in [-0.2, -0.15) is 0 Å². The van der Waals surface area contributed by atoms with Crippen LogP contribution in [0.25, 0.3) is 11.3 Å². The third-order valence-corrected chi connectivity index (χ3v) is 4.47. The van der Waals surface area contributed by atoms with E-state index >= 15 is 0 Å². The number of aliphatic hydroxyl groups is 1. The highest BCUT2D eigenvalue weighted by Gasteiger charge is 2.25. The number of amides is 1. The lowest BCUT2D eigenvalue weighted by Gasteiger charge is -2.35. The zero-order valence-electron chi connectivity index (χ0n) is 14.2. The molecule has 3 rings (SSSR count). The highest BCUT2D eigenvalue weighted by molar-refractivity contribution is 5.93. The number of carbonyl (C=O) groups excluding carboxylic acids is 1. The first-order valence-corrected chi connectivity index (χ1v) is 8.49. The Kier molecular flexibility index (Phi) is 5.45. The van der Waals surface area contributed by atoms with Crippen LogP contribution in [0.15, 0.2) is 34.9 Å². The SMILES string of the molecule is CC[C@H](O)CN1CCN(C(=O)c2cc(-c3ccccc3F)on2)CC1. The summed E-state index contributed by atoms with van der Waals surface area (Å²) in [7, 11) is 0. The maximum atomic E-state index is 13.8. The highest BCUT2D eigenvalue weighted by atomic mass is 19.1. The van der Waals surface area contributed by atoms with Gasteiger partial charge in [0.2, 0.25) is 0 Å². The molecule has 6 nitrogen and oxygen atoms in total. The molecule has 1 atom stereocenters. The molecule has 25 heavy (non-hydrogen) atoms. The first kappa shape index (κ1) is 17.6. The Labute approximate surface area is 145 Å². The fourth-order valence-corrected chi connectivity index (χ4v) is 2.89. The van der Waals surface area contributed by atoms with Crippen molar-refractivity contribution >= 4 is 5.91 Å². The molecule has 1 aliphatic heterocycles. The zero-order valence-corrected chi connectivity index (χ0v) is 14.2. The van der Waals surface area contributed by atoms with E-state index in [0.29, 0.717) is 32.7 Å². The van der Waals surface area contributed by atoms with Crippen LogP contribution in [-0.2, 0) is 0 Å². The zero-order chi connectivity index (χ0) is 17.8. The maximum absolute atomic E-state index is 13.8. The van der Waals surface area contributed by atoms with E-state index in [2.05, 4.69) is 10.1 Å². The number of piperazine rings is 1. The molecule has 1 fully saturated rings. The van der Waals surface area contributed by atoms with Crippen molar-refractivity contribution in [3.8, 4) is 11.3 Å². The molecule has 1 saturated heterocycles. The number of rotatable bonds is 5. The van der Waals surface area contributed by atoms with Crippen molar-refractivity contribution in [1.29, 1.82) is 0 Å². The van der Waals surface area contributed by atoms with Gasteiger partial charge >= 0.3 is 0 Å². The summed E-state index contributed by atoms with van der Waals surface area (Å²) in [4.78, 5) is 16.4. The van der Waals surface area contributed by atoms with Crippen LogP contribution in [0.1, 0.15) is 23.8 Å². The monoisotopic (exact) mass is 347 g/mol. The molecule has 0 bridgehead atoms. The van der Waals surface area contributed by atoms with Crippen molar-refractivity contribution in [1.82, 2.24) is 15.0 Å². The lowest BCUT2D eigenvalue weighted by atomic mass is 10.1. The predicted molar refractivity (Wildman–Crippen MR) is 90.5 cm³/mol. The minimum Gasteiger partial charge on any atom is -0.392 e. The van der Waals surface area contributed by atoms with Crippen molar-refractivity contribution in [2.45, 2.75) is 19.4 Å². The Morgan fingerprint density at radius 1 is 1.32 bits per heavy atom. The molecule has 0 unspecified atom stereocenters. The van der Waals surface area contributed by atoms with Crippen LogP contribution in [0.3, 0.4) is 0 Å². The average molecular weight is 347 g/mol. The fraction of sp³-hybridized carbons (Fsp3) is 0.444. The number of aromatic nitrogens is 1. The standard InChI is InChI=1S/C18H22FN3O3/c1-2-13(23)12-21-7-9-22(10-8-21)18(24)16-11-17(25-20-16)14-5-3-4-6-15(14)19/h3-6,11,13,23H,2,7-10,12H2,1H3/t13-/m0/s1. The molecular formula is C18H22FN3O3. The molecule has 0 radical (unpaired) electrons. The smallest absolute Gasteiger partial charge is 0.276 e. The number of nitrogens with zero attached hydrogens (tertiary/aromatic N) is 3. The summed E-state index contributed by atoms with van der Waals surface area (Å²) in [6.45, 7) is 5.12. The summed E-state index contributed by atoms with van der Waals surface area (Å²) < 4.78 is 19.0. The average Bonchev–Trinajstić information content (AvgIpc) is 3.12. The number of β-amino-alcohol motifs (C(OH)–C–C–N with tert-alkyl or cyclic N) is 1. The molecular weight excluding hydrogens is 325 g/mol. The van der Waals surface area contributed by atoms with E-state index < -0.39 is 5.82 Å². The van der Waals surface area contributed by atoms with Gasteiger partial charge in [0, 0.05) is 38.8 Å². The highest BCUT2D eigenvalue weighted by Crippen LogP contribution is 2.23. The van der Waals surface area contributed by atoms with Gasteiger partial charge in [-0.25, -0.2) is 4.39 Å². The molecule has 7 heteroatoms. The van der Waals surface area contributed by atoms with Crippen LogP contribution in [0.2, 0.25) is 0 Å². The second-order valence-corrected chi connectivity index (χ2v) is 6.21. The number of hydrogen-bond acceptors (Lipinski definition) is 5. The van der Waals surface area contributed by atoms with E-state index in [4.69, 9.17) is 4.52 Å². The second-order valence-electron chi connectivity index (χ2n) is 6.21. The minimum atomic E-state index is -0.416. The molecule has 1 aliphatic rings. The third-order valence-electron chi connectivity index (χ3n) is 4.47. The van der Waals surface area contributed by atoms with Gasteiger partial charge in [-0.05, 0) is 18.6 Å². The molecule has 0 aliphatic carbocycles. The first-order valence-electron chi connectivity index (χ1n) is 8.49. The Bertz CT molecular complexity index is 726. The van der Waals surface area contributed by atoms with Gasteiger partial charge in [0.15, 0.2) is 11.5 Å². The number of halogens is 1. The van der Waals surface area contributed by atoms with Gasteiger partial charge in [-0.3, -0.25) is 9.69 Å². The number of benzene rings is 1. The Morgan fingerprint density at radius 3 is 2.72 bits per heavy atom. The van der Waals surface area contributed by atoms with Crippen molar-refractivity contribution in [2.75, 3.05) is 32.7 Å². The third kappa shape index (κ3) is 4.05. The van der Waals surface area contributed by atoms with Gasteiger partial charge in [0.25, 0.3) is 5.91 Å². The van der Waals surface area contributed by atoms with E-state index in [1.54, 1.807) is 23.1 Å². The summed E-state index contributed by atoms with van der Waals surface area (Å²) in [6, 6.07) is 7.70. The van der Waals surface area contributed by atoms with Crippen molar-refractivity contribution < 1.29 is 18.8 Å². The largest absolute Gasteiger partial charge is 0.392 e. The lowest BCUT2D eigenvalue weighted by molar-refractivity contribution is 0.0516. The van der Waals surface area contributed by atoms with Crippen LogP contribution >= 0.6 is 0 Å². The molecule has 2 heterocycles. The molecule has 0 spiro atoms. The molecule has 2 aromatic rings. The molecule has 1 aromatic heterocycles. The normalized spacial score (nSPS) is 16.8. The predicted octanol–water partition coefficient (Wildman–Crippen LogP) is 2.01. The topological polar surface area (TPSA) is 69.8 Å². The summed E-state index contributed by atoms with van der Waals surface area (Å²) in [5, 5.41) is 13.5. The second kappa shape index (κ2) is 7.76. The van der Waals surface area contributed by atoms with Gasteiger partial charge in [-0.1, -0.05) is 24.2 Å². The summed E-state index contributed by atoms with van der Waals surface area (Å²) in [5.41, 5.74) is 0.465. The van der Waals surface area contributed by atoms with E-state index in [-0.39, 0.29) is 29.0 Å². The van der Waals surface area contributed by atoms with E-state index in [1.807, 2.05) is 6.92 Å². The van der Waals surface area contributed by atoms with Crippen LogP contribution < -0.4 is 0 Å². The van der Waals surface area contributed by atoms with E-state index in [0.717, 1.165) is 6.42 Å². The van der Waals surface area contributed by atoms with E-state index in [9.17, 15) is 14.3 Å². The Hall–Kier alpha value is -2.25. The molecule has 1 amide bonds. The quantitative estimate of drug-likeness (QED) is 0.896. The summed E-state index contributed by atoms with van der Waals surface area (Å²) >= 11 is 0. The van der Waals surface area contributed by atoms with Crippen LogP contribution in [0.4, 0.5) is 4.39 Å². The van der Waals surface area contributed by atoms with Gasteiger partial charge in [0.05, 0.1) is 11.7 Å². The van der Waals surface area contributed by atoms with E-state index in [1.165, 1.54) is 12.1 Å². The summed E-state index contributed by atoms with van der Waals surface area (Å²) in [5.74, 6) is -0.395. The first-order chi connectivity index (χ1) is 12.1. The van der Waals surface area contributed by atoms with Crippen LogP contribution in [-0.4, -0.2) is 64.8 Å². The molecule has 1 aromatic carbocycles. The van der Waals surface area contributed by atoms with Gasteiger partial charge < -0.3 is 14.5 Å². The van der Waals surface area contributed by atoms with Gasteiger partial charge in [0.1, 0.15) is 5.82 Å². The van der Waals surface area contributed by atoms with Crippen molar-refractivity contribution in [3.05, 3.63) is 41.8 Å². The van der Waals surface area contributed by atoms with Gasteiger partial charge in [-0.15, -0.1) is 0 Å². The Morgan fingerprint density at radius 2 is 2.04 bits per heavy atom. The molecule has 0 saturated carbocycles. The number of carbonyl (C=O) groups is 1. The molecule has 1 N–H and O–H groups in total. The number of hydrogen-bond donors (Lipinski definition) is 1. The number of aliphatic hydroxyl groups excluding tert-OH is 1. The van der Waals surface area contributed by atoms with Crippen molar-refractivity contribution in [3.63, 3.8) is 0 Å². The molecule has 134 valence electrons. The van der Waals surface area contributed by atoms with Crippen molar-refractivity contribution in [2.24, 2.45) is 0 Å². The summed E-state index contributed by atoms with van der Waals surface area (Å²) in [6.07, 6.45) is 0.387. The minimum absolute atomic E-state index is 0.181. The van der Waals surface area contributed by atoms with Crippen LogP contribution in [0.5, 0.6) is 0 Å². The van der Waals surface area contributed by atoms with Crippen LogP contribution in [0, 0.1) is 5.82 Å². The lowest BCUT2D eigenvalue weighted by Crippen LogP contribution is -2.50. The Balaban J connectivity index is 1.62. The fourth-order valence-electron chi connectivity index (χ4n) is 2.89.